The summed E-state index contributed by atoms with van der Waals surface area (Å²) in [6, 6.07) is 12.0. The molecule has 1 saturated carbocycles. The minimum Gasteiger partial charge on any atom is -0.496 e. The SMILES string of the molecule is COc1ccccc1-c1cnc(NC(=O)/C(=C/C2CCCC2)c2ccc(S(C)(=O)=O)c(Cl)c2)cn1. The fourth-order valence-corrected chi connectivity index (χ4v) is 5.53. The summed E-state index contributed by atoms with van der Waals surface area (Å²) in [6.07, 6.45) is 10.3. The van der Waals surface area contributed by atoms with Crippen LogP contribution in [0.3, 0.4) is 0 Å². The number of aromatic nitrogens is 2. The molecule has 0 aliphatic heterocycles. The molecule has 1 fully saturated rings. The number of allylic oxidation sites excluding steroid dienone is 1. The van der Waals surface area contributed by atoms with Crippen molar-refractivity contribution in [2.24, 2.45) is 5.92 Å². The molecule has 0 spiro atoms. The highest BCUT2D eigenvalue weighted by Gasteiger charge is 2.21. The number of amides is 1. The third-order valence-electron chi connectivity index (χ3n) is 5.97. The Labute approximate surface area is 210 Å². The Kier molecular flexibility index (Phi) is 7.52. The number of rotatable bonds is 7. The van der Waals surface area contributed by atoms with Crippen molar-refractivity contribution < 1.29 is 17.9 Å². The minimum absolute atomic E-state index is 0.0290. The quantitative estimate of drug-likeness (QED) is 0.425. The summed E-state index contributed by atoms with van der Waals surface area (Å²) < 4.78 is 29.3. The van der Waals surface area contributed by atoms with Gasteiger partial charge in [0, 0.05) is 17.4 Å². The zero-order valence-corrected chi connectivity index (χ0v) is 21.1. The maximum Gasteiger partial charge on any atom is 0.257 e. The van der Waals surface area contributed by atoms with E-state index in [1.807, 2.05) is 30.3 Å². The Bertz CT molecular complexity index is 1370. The maximum absolute atomic E-state index is 13.3. The second-order valence-corrected chi connectivity index (χ2v) is 10.9. The van der Waals surface area contributed by atoms with Crippen LogP contribution in [0.5, 0.6) is 5.75 Å². The topological polar surface area (TPSA) is 98.2 Å². The van der Waals surface area contributed by atoms with Gasteiger partial charge < -0.3 is 10.1 Å². The number of anilines is 1. The minimum atomic E-state index is -3.48. The number of para-hydroxylation sites is 1. The first-order chi connectivity index (χ1) is 16.8. The Balaban J connectivity index is 1.61. The molecule has 0 bridgehead atoms. The first-order valence-corrected chi connectivity index (χ1v) is 13.5. The van der Waals surface area contributed by atoms with Crippen molar-refractivity contribution in [2.45, 2.75) is 30.6 Å². The number of halogens is 1. The van der Waals surface area contributed by atoms with Gasteiger partial charge in [-0.25, -0.2) is 13.4 Å². The number of benzene rings is 2. The highest BCUT2D eigenvalue weighted by molar-refractivity contribution is 7.90. The van der Waals surface area contributed by atoms with Crippen molar-refractivity contribution in [1.29, 1.82) is 0 Å². The molecule has 1 amide bonds. The zero-order chi connectivity index (χ0) is 25.0. The molecular formula is C26H26ClN3O4S. The molecule has 1 aliphatic carbocycles. The number of nitrogens with zero attached hydrogens (tertiary/aromatic N) is 2. The van der Waals surface area contributed by atoms with E-state index >= 15 is 0 Å². The van der Waals surface area contributed by atoms with Crippen LogP contribution in [0.15, 0.2) is 65.8 Å². The first-order valence-electron chi connectivity index (χ1n) is 11.2. The second-order valence-electron chi connectivity index (χ2n) is 8.48. The summed E-state index contributed by atoms with van der Waals surface area (Å²) in [5.74, 6) is 0.877. The van der Waals surface area contributed by atoms with E-state index in [1.54, 1.807) is 19.4 Å². The number of ether oxygens (including phenoxy) is 1. The molecular weight excluding hydrogens is 486 g/mol. The average molecular weight is 512 g/mol. The lowest BCUT2D eigenvalue weighted by atomic mass is 9.98. The lowest BCUT2D eigenvalue weighted by Crippen LogP contribution is -2.16. The number of sulfone groups is 1. The van der Waals surface area contributed by atoms with Crippen LogP contribution in [0.4, 0.5) is 5.82 Å². The molecule has 0 radical (unpaired) electrons. The fourth-order valence-electron chi connectivity index (χ4n) is 4.20. The van der Waals surface area contributed by atoms with Gasteiger partial charge in [-0.05, 0) is 48.6 Å². The van der Waals surface area contributed by atoms with E-state index in [0.29, 0.717) is 28.4 Å². The van der Waals surface area contributed by atoms with E-state index in [-0.39, 0.29) is 21.7 Å². The van der Waals surface area contributed by atoms with Crippen molar-refractivity contribution in [3.05, 3.63) is 71.5 Å². The maximum atomic E-state index is 13.3. The van der Waals surface area contributed by atoms with Crippen molar-refractivity contribution in [3.8, 4) is 17.0 Å². The largest absolute Gasteiger partial charge is 0.496 e. The van der Waals surface area contributed by atoms with Gasteiger partial charge >= 0.3 is 0 Å². The number of nitrogens with one attached hydrogen (secondary N) is 1. The van der Waals surface area contributed by atoms with Crippen LogP contribution in [0.2, 0.25) is 5.02 Å². The zero-order valence-electron chi connectivity index (χ0n) is 19.5. The van der Waals surface area contributed by atoms with Crippen LogP contribution >= 0.6 is 11.6 Å². The monoisotopic (exact) mass is 511 g/mol. The molecule has 1 N–H and O–H groups in total. The lowest BCUT2D eigenvalue weighted by Gasteiger charge is -2.13. The van der Waals surface area contributed by atoms with E-state index in [0.717, 1.165) is 37.5 Å². The Morgan fingerprint density at radius 1 is 1.11 bits per heavy atom. The lowest BCUT2D eigenvalue weighted by molar-refractivity contribution is -0.111. The highest BCUT2D eigenvalue weighted by Crippen LogP contribution is 2.32. The van der Waals surface area contributed by atoms with Crippen LogP contribution in [0, 0.1) is 5.92 Å². The van der Waals surface area contributed by atoms with Crippen LogP contribution in [-0.2, 0) is 14.6 Å². The first kappa shape index (κ1) is 24.9. The smallest absolute Gasteiger partial charge is 0.257 e. The summed E-state index contributed by atoms with van der Waals surface area (Å²) in [5.41, 5.74) is 2.38. The molecule has 0 unspecified atom stereocenters. The fraction of sp³-hybridized carbons (Fsp3) is 0.269. The van der Waals surface area contributed by atoms with Crippen molar-refractivity contribution >= 4 is 38.7 Å². The van der Waals surface area contributed by atoms with Gasteiger partial charge in [0.25, 0.3) is 5.91 Å². The molecule has 4 rings (SSSR count). The number of hydrogen-bond donors (Lipinski definition) is 1. The molecule has 3 aromatic rings. The van der Waals surface area contributed by atoms with Gasteiger partial charge in [-0.1, -0.05) is 48.7 Å². The average Bonchev–Trinajstić information content (AvgIpc) is 3.35. The molecule has 182 valence electrons. The van der Waals surface area contributed by atoms with E-state index in [4.69, 9.17) is 16.3 Å². The molecule has 35 heavy (non-hydrogen) atoms. The summed E-state index contributed by atoms with van der Waals surface area (Å²) in [7, 11) is -1.89. The predicted octanol–water partition coefficient (Wildman–Crippen LogP) is 5.42. The normalized spacial score (nSPS) is 14.7. The second kappa shape index (κ2) is 10.6. The Hall–Kier alpha value is -3.23. The van der Waals surface area contributed by atoms with E-state index < -0.39 is 9.84 Å². The summed E-state index contributed by atoms with van der Waals surface area (Å²) >= 11 is 6.27. The molecule has 1 aliphatic rings. The van der Waals surface area contributed by atoms with Gasteiger partial charge in [0.15, 0.2) is 15.7 Å². The van der Waals surface area contributed by atoms with Gasteiger partial charge in [0.05, 0.1) is 35.1 Å². The third kappa shape index (κ3) is 5.89. The molecule has 9 heteroatoms. The Morgan fingerprint density at radius 3 is 2.49 bits per heavy atom. The predicted molar refractivity (Wildman–Crippen MR) is 137 cm³/mol. The molecule has 2 aromatic carbocycles. The van der Waals surface area contributed by atoms with Crippen molar-refractivity contribution in [2.75, 3.05) is 18.7 Å². The van der Waals surface area contributed by atoms with Crippen LogP contribution < -0.4 is 10.1 Å². The summed E-state index contributed by atoms with van der Waals surface area (Å²) in [6.45, 7) is 0. The van der Waals surface area contributed by atoms with Crippen molar-refractivity contribution in [1.82, 2.24) is 9.97 Å². The third-order valence-corrected chi connectivity index (χ3v) is 7.55. The van der Waals surface area contributed by atoms with Crippen LogP contribution in [-0.4, -0.2) is 37.7 Å². The van der Waals surface area contributed by atoms with Gasteiger partial charge in [0.2, 0.25) is 0 Å². The number of carbonyl (C=O) groups is 1. The van der Waals surface area contributed by atoms with Gasteiger partial charge in [-0.3, -0.25) is 9.78 Å². The van der Waals surface area contributed by atoms with Gasteiger partial charge in [0.1, 0.15) is 5.75 Å². The number of hydrogen-bond acceptors (Lipinski definition) is 6. The molecule has 0 atom stereocenters. The summed E-state index contributed by atoms with van der Waals surface area (Å²) in [4.78, 5) is 22.1. The standard InChI is InChI=1S/C26H26ClN3O4S/c1-34-23-10-6-5-9-19(23)22-15-29-25(16-28-22)30-26(31)20(13-17-7-3-4-8-17)18-11-12-24(21(27)14-18)35(2,32)33/h5-6,9-17H,3-4,7-8H2,1-2H3,(H,29,30,31)/b20-13+. The van der Waals surface area contributed by atoms with Crippen LogP contribution in [0.1, 0.15) is 31.2 Å². The summed E-state index contributed by atoms with van der Waals surface area (Å²) in [5, 5.41) is 2.89. The highest BCUT2D eigenvalue weighted by atomic mass is 35.5. The van der Waals surface area contributed by atoms with E-state index in [1.165, 1.54) is 18.3 Å². The molecule has 1 aromatic heterocycles. The van der Waals surface area contributed by atoms with Crippen LogP contribution in [0.25, 0.3) is 16.8 Å². The van der Waals surface area contributed by atoms with Gasteiger partial charge in [-0.15, -0.1) is 0 Å². The molecule has 7 nitrogen and oxygen atoms in total. The van der Waals surface area contributed by atoms with E-state index in [2.05, 4.69) is 15.3 Å². The van der Waals surface area contributed by atoms with Gasteiger partial charge in [-0.2, -0.15) is 0 Å². The molecule has 0 saturated heterocycles. The molecule has 1 heterocycles. The number of carbonyl (C=O) groups excluding carboxylic acids is 1. The Morgan fingerprint density at radius 2 is 1.86 bits per heavy atom. The van der Waals surface area contributed by atoms with Crippen molar-refractivity contribution in [3.63, 3.8) is 0 Å². The number of methoxy groups -OCH3 is 1. The van der Waals surface area contributed by atoms with E-state index in [9.17, 15) is 13.2 Å².